The SMILES string of the molecule is CCCNCC1CCN(S(=O)(=O)c2cccc(F)c2)CC1. The number of nitrogens with zero attached hydrogens (tertiary/aromatic N) is 1. The molecule has 2 rings (SSSR count). The fourth-order valence-corrected chi connectivity index (χ4v) is 4.11. The summed E-state index contributed by atoms with van der Waals surface area (Å²) in [5, 5.41) is 3.38. The molecule has 1 N–H and O–H groups in total. The first-order valence-electron chi connectivity index (χ1n) is 7.50. The van der Waals surface area contributed by atoms with Crippen molar-refractivity contribution >= 4 is 10.0 Å². The largest absolute Gasteiger partial charge is 0.316 e. The second-order valence-electron chi connectivity index (χ2n) is 5.51. The average molecular weight is 314 g/mol. The van der Waals surface area contributed by atoms with Crippen LogP contribution in [0, 0.1) is 11.7 Å². The molecule has 0 aliphatic carbocycles. The molecule has 0 unspecified atom stereocenters. The molecule has 1 aliphatic heterocycles. The Morgan fingerprint density at radius 3 is 2.67 bits per heavy atom. The van der Waals surface area contributed by atoms with Crippen molar-refractivity contribution in [2.75, 3.05) is 26.2 Å². The van der Waals surface area contributed by atoms with Gasteiger partial charge in [-0.15, -0.1) is 0 Å². The van der Waals surface area contributed by atoms with Crippen molar-refractivity contribution in [3.05, 3.63) is 30.1 Å². The van der Waals surface area contributed by atoms with Crippen LogP contribution in [0.15, 0.2) is 29.2 Å². The lowest BCUT2D eigenvalue weighted by Crippen LogP contribution is -2.40. The van der Waals surface area contributed by atoms with E-state index in [0.717, 1.165) is 38.4 Å². The summed E-state index contributed by atoms with van der Waals surface area (Å²) >= 11 is 0. The third kappa shape index (κ3) is 4.25. The van der Waals surface area contributed by atoms with Gasteiger partial charge < -0.3 is 5.32 Å². The van der Waals surface area contributed by atoms with E-state index in [0.29, 0.717) is 19.0 Å². The minimum absolute atomic E-state index is 0.0463. The number of halogens is 1. The average Bonchev–Trinajstić information content (AvgIpc) is 2.48. The van der Waals surface area contributed by atoms with Gasteiger partial charge in [0.25, 0.3) is 0 Å². The zero-order valence-electron chi connectivity index (χ0n) is 12.4. The first-order valence-corrected chi connectivity index (χ1v) is 8.94. The summed E-state index contributed by atoms with van der Waals surface area (Å²) in [5.41, 5.74) is 0. The first-order chi connectivity index (χ1) is 10.0. The fourth-order valence-electron chi connectivity index (χ4n) is 2.61. The molecule has 1 saturated heterocycles. The molecular weight excluding hydrogens is 291 g/mol. The highest BCUT2D eigenvalue weighted by Crippen LogP contribution is 2.23. The number of nitrogens with one attached hydrogen (secondary N) is 1. The van der Waals surface area contributed by atoms with Crippen LogP contribution < -0.4 is 5.32 Å². The van der Waals surface area contributed by atoms with Crippen LogP contribution in [-0.2, 0) is 10.0 Å². The fraction of sp³-hybridized carbons (Fsp3) is 0.600. The van der Waals surface area contributed by atoms with Crippen LogP contribution in [0.3, 0.4) is 0 Å². The van der Waals surface area contributed by atoms with Crippen molar-refractivity contribution < 1.29 is 12.8 Å². The van der Waals surface area contributed by atoms with Crippen LogP contribution >= 0.6 is 0 Å². The second-order valence-corrected chi connectivity index (χ2v) is 7.45. The lowest BCUT2D eigenvalue weighted by Gasteiger charge is -2.31. The molecule has 4 nitrogen and oxygen atoms in total. The predicted octanol–water partition coefficient (Wildman–Crippen LogP) is 2.23. The van der Waals surface area contributed by atoms with E-state index in [-0.39, 0.29) is 4.90 Å². The zero-order valence-corrected chi connectivity index (χ0v) is 13.2. The Hall–Kier alpha value is -0.980. The van der Waals surface area contributed by atoms with Crippen LogP contribution in [0.4, 0.5) is 4.39 Å². The highest BCUT2D eigenvalue weighted by Gasteiger charge is 2.29. The van der Waals surface area contributed by atoms with Gasteiger partial charge in [0.15, 0.2) is 0 Å². The molecule has 0 atom stereocenters. The molecule has 0 saturated carbocycles. The number of hydrogen-bond donors (Lipinski definition) is 1. The van der Waals surface area contributed by atoms with Crippen molar-refractivity contribution in [2.45, 2.75) is 31.1 Å². The molecule has 1 aromatic carbocycles. The minimum Gasteiger partial charge on any atom is -0.316 e. The van der Waals surface area contributed by atoms with E-state index in [1.165, 1.54) is 22.5 Å². The normalized spacial score (nSPS) is 18.0. The van der Waals surface area contributed by atoms with Gasteiger partial charge in [-0.05, 0) is 56.5 Å². The molecule has 1 aliphatic rings. The minimum atomic E-state index is -3.56. The van der Waals surface area contributed by atoms with Gasteiger partial charge in [0, 0.05) is 13.1 Å². The lowest BCUT2D eigenvalue weighted by molar-refractivity contribution is 0.267. The van der Waals surface area contributed by atoms with E-state index in [4.69, 9.17) is 0 Å². The first kappa shape index (κ1) is 16.4. The maximum atomic E-state index is 13.2. The molecular formula is C15H23FN2O2S. The van der Waals surface area contributed by atoms with E-state index >= 15 is 0 Å². The Balaban J connectivity index is 1.95. The molecule has 0 bridgehead atoms. The highest BCUT2D eigenvalue weighted by atomic mass is 32.2. The van der Waals surface area contributed by atoms with E-state index in [1.54, 1.807) is 0 Å². The number of piperidine rings is 1. The van der Waals surface area contributed by atoms with Gasteiger partial charge in [-0.1, -0.05) is 13.0 Å². The zero-order chi connectivity index (χ0) is 15.3. The van der Waals surface area contributed by atoms with Crippen molar-refractivity contribution in [1.29, 1.82) is 0 Å². The number of sulfonamides is 1. The van der Waals surface area contributed by atoms with Gasteiger partial charge in [-0.25, -0.2) is 12.8 Å². The molecule has 118 valence electrons. The van der Waals surface area contributed by atoms with E-state index < -0.39 is 15.8 Å². The molecule has 0 spiro atoms. The molecule has 1 fully saturated rings. The van der Waals surface area contributed by atoms with Gasteiger partial charge in [-0.3, -0.25) is 0 Å². The molecule has 21 heavy (non-hydrogen) atoms. The van der Waals surface area contributed by atoms with E-state index in [1.807, 2.05) is 0 Å². The maximum absolute atomic E-state index is 13.2. The topological polar surface area (TPSA) is 49.4 Å². The molecule has 6 heteroatoms. The molecule has 0 radical (unpaired) electrons. The van der Waals surface area contributed by atoms with E-state index in [2.05, 4.69) is 12.2 Å². The predicted molar refractivity (Wildman–Crippen MR) is 81.0 cm³/mol. The summed E-state index contributed by atoms with van der Waals surface area (Å²) in [6.45, 7) is 5.10. The summed E-state index contributed by atoms with van der Waals surface area (Å²) < 4.78 is 39.6. The van der Waals surface area contributed by atoms with Gasteiger partial charge in [0.1, 0.15) is 5.82 Å². The quantitative estimate of drug-likeness (QED) is 0.819. The smallest absolute Gasteiger partial charge is 0.243 e. The molecule has 0 amide bonds. The van der Waals surface area contributed by atoms with Crippen LogP contribution in [0.1, 0.15) is 26.2 Å². The molecule has 1 aromatic rings. The van der Waals surface area contributed by atoms with E-state index in [9.17, 15) is 12.8 Å². The summed E-state index contributed by atoms with van der Waals surface area (Å²) in [4.78, 5) is 0.0463. The molecule has 0 aromatic heterocycles. The third-order valence-electron chi connectivity index (χ3n) is 3.87. The van der Waals surface area contributed by atoms with Crippen molar-refractivity contribution in [3.8, 4) is 0 Å². The van der Waals surface area contributed by atoms with Crippen molar-refractivity contribution in [1.82, 2.24) is 9.62 Å². The monoisotopic (exact) mass is 314 g/mol. The van der Waals surface area contributed by atoms with Gasteiger partial charge in [0.2, 0.25) is 10.0 Å². The summed E-state index contributed by atoms with van der Waals surface area (Å²) in [6.07, 6.45) is 2.81. The highest BCUT2D eigenvalue weighted by molar-refractivity contribution is 7.89. The summed E-state index contributed by atoms with van der Waals surface area (Å²) in [6, 6.07) is 5.23. The molecule has 1 heterocycles. The Kier molecular flexibility index (Phi) is 5.72. The summed E-state index contributed by atoms with van der Waals surface area (Å²) in [5.74, 6) is 0.00485. The van der Waals surface area contributed by atoms with Crippen LogP contribution in [0.25, 0.3) is 0 Å². The lowest BCUT2D eigenvalue weighted by atomic mass is 9.98. The Labute approximate surface area is 126 Å². The van der Waals surface area contributed by atoms with Gasteiger partial charge in [0.05, 0.1) is 4.90 Å². The Morgan fingerprint density at radius 2 is 2.05 bits per heavy atom. The van der Waals surface area contributed by atoms with Crippen LogP contribution in [-0.4, -0.2) is 38.9 Å². The number of benzene rings is 1. The second kappa shape index (κ2) is 7.33. The van der Waals surface area contributed by atoms with Crippen LogP contribution in [0.5, 0.6) is 0 Å². The van der Waals surface area contributed by atoms with Crippen LogP contribution in [0.2, 0.25) is 0 Å². The van der Waals surface area contributed by atoms with Gasteiger partial charge in [-0.2, -0.15) is 4.31 Å². The standard InChI is InChI=1S/C15H23FN2O2S/c1-2-8-17-12-13-6-9-18(10-7-13)21(19,20)15-5-3-4-14(16)11-15/h3-5,11,13,17H,2,6-10,12H2,1H3. The van der Waals surface area contributed by atoms with Crippen molar-refractivity contribution in [2.24, 2.45) is 5.92 Å². The maximum Gasteiger partial charge on any atom is 0.243 e. The number of hydrogen-bond acceptors (Lipinski definition) is 3. The number of rotatable bonds is 6. The Bertz CT molecular complexity index is 555. The Morgan fingerprint density at radius 1 is 1.33 bits per heavy atom. The third-order valence-corrected chi connectivity index (χ3v) is 5.76. The summed E-state index contributed by atoms with van der Waals surface area (Å²) in [7, 11) is -3.56. The van der Waals surface area contributed by atoms with Gasteiger partial charge >= 0.3 is 0 Å². The van der Waals surface area contributed by atoms with Crippen molar-refractivity contribution in [3.63, 3.8) is 0 Å².